The third-order valence-electron chi connectivity index (χ3n) is 3.58. The van der Waals surface area contributed by atoms with Gasteiger partial charge in [-0.2, -0.15) is 15.3 Å². The van der Waals surface area contributed by atoms with Crippen molar-refractivity contribution in [2.45, 2.75) is 46.1 Å². The van der Waals surface area contributed by atoms with E-state index >= 15 is 0 Å². The molecule has 5 nitrogen and oxygen atoms in total. The summed E-state index contributed by atoms with van der Waals surface area (Å²) in [5.41, 5.74) is 11.6. The predicted molar refractivity (Wildman–Crippen MR) is 79.4 cm³/mol. The molecule has 2 aromatic heterocycles. The summed E-state index contributed by atoms with van der Waals surface area (Å²) >= 11 is 0. The zero-order valence-corrected chi connectivity index (χ0v) is 12.7. The molecule has 0 radical (unpaired) electrons. The number of aromatic nitrogens is 4. The summed E-state index contributed by atoms with van der Waals surface area (Å²) in [5, 5.41) is 12.8. The van der Waals surface area contributed by atoms with Gasteiger partial charge in [0.05, 0.1) is 17.1 Å². The molecule has 0 spiro atoms. The molecular formula is C15H23N5. The van der Waals surface area contributed by atoms with Crippen LogP contribution in [0.2, 0.25) is 0 Å². The lowest BCUT2D eigenvalue weighted by Gasteiger charge is -2.15. The lowest BCUT2D eigenvalue weighted by molar-refractivity contribution is 0.628. The minimum absolute atomic E-state index is 0.0701. The van der Waals surface area contributed by atoms with Gasteiger partial charge in [-0.15, -0.1) is 0 Å². The molecule has 2 heterocycles. The fourth-order valence-corrected chi connectivity index (χ4v) is 2.40. The Morgan fingerprint density at radius 1 is 1.20 bits per heavy atom. The normalized spacial score (nSPS) is 12.7. The molecule has 0 saturated carbocycles. The van der Waals surface area contributed by atoms with E-state index < -0.39 is 0 Å². The molecule has 1 unspecified atom stereocenters. The Bertz CT molecular complexity index is 588. The zero-order chi connectivity index (χ0) is 14.7. The maximum atomic E-state index is 6.38. The monoisotopic (exact) mass is 273 g/mol. The lowest BCUT2D eigenvalue weighted by atomic mass is 9.99. The van der Waals surface area contributed by atoms with Gasteiger partial charge in [0, 0.05) is 25.2 Å². The van der Waals surface area contributed by atoms with Gasteiger partial charge in [-0.3, -0.25) is 4.68 Å². The van der Waals surface area contributed by atoms with E-state index in [1.165, 1.54) is 0 Å². The van der Waals surface area contributed by atoms with Gasteiger partial charge < -0.3 is 5.73 Å². The molecule has 0 aromatic carbocycles. The third-order valence-corrected chi connectivity index (χ3v) is 3.58. The molecular weight excluding hydrogens is 250 g/mol. The highest BCUT2D eigenvalue weighted by Gasteiger charge is 2.15. The summed E-state index contributed by atoms with van der Waals surface area (Å²) in [7, 11) is 1.97. The molecule has 2 rings (SSSR count). The van der Waals surface area contributed by atoms with Crippen molar-refractivity contribution in [2.75, 3.05) is 0 Å². The Balaban J connectivity index is 2.25. The van der Waals surface area contributed by atoms with E-state index in [0.29, 0.717) is 0 Å². The summed E-state index contributed by atoms with van der Waals surface area (Å²) in [5.74, 6) is 0. The van der Waals surface area contributed by atoms with Crippen LogP contribution in [0.15, 0.2) is 12.1 Å². The molecule has 2 aromatic rings. The van der Waals surface area contributed by atoms with E-state index in [4.69, 9.17) is 5.73 Å². The lowest BCUT2D eigenvalue weighted by Crippen LogP contribution is -2.18. The predicted octanol–water partition coefficient (Wildman–Crippen LogP) is 1.89. The number of aryl methyl sites for hydroxylation is 4. The zero-order valence-electron chi connectivity index (χ0n) is 12.7. The number of rotatable bonds is 5. The molecule has 0 fully saturated rings. The van der Waals surface area contributed by atoms with Crippen LogP contribution in [0.3, 0.4) is 0 Å². The fraction of sp³-hybridized carbons (Fsp3) is 0.533. The van der Waals surface area contributed by atoms with Crippen molar-refractivity contribution >= 4 is 0 Å². The van der Waals surface area contributed by atoms with Crippen LogP contribution in [0.4, 0.5) is 0 Å². The van der Waals surface area contributed by atoms with Gasteiger partial charge in [-0.05, 0) is 37.5 Å². The van der Waals surface area contributed by atoms with Crippen molar-refractivity contribution < 1.29 is 0 Å². The second-order valence-corrected chi connectivity index (χ2v) is 5.16. The molecule has 0 saturated heterocycles. The van der Waals surface area contributed by atoms with E-state index in [0.717, 1.165) is 47.6 Å². The largest absolute Gasteiger partial charge is 0.324 e. The molecule has 0 bridgehead atoms. The van der Waals surface area contributed by atoms with Crippen LogP contribution < -0.4 is 5.73 Å². The molecule has 20 heavy (non-hydrogen) atoms. The van der Waals surface area contributed by atoms with Gasteiger partial charge in [-0.25, -0.2) is 0 Å². The van der Waals surface area contributed by atoms with Crippen LogP contribution in [-0.2, 0) is 26.3 Å². The topological polar surface area (TPSA) is 69.6 Å². The van der Waals surface area contributed by atoms with Crippen LogP contribution in [0.5, 0.6) is 0 Å². The number of hydrogen-bond donors (Lipinski definition) is 1. The third kappa shape index (κ3) is 3.04. The van der Waals surface area contributed by atoms with Gasteiger partial charge in [0.25, 0.3) is 0 Å². The Labute approximate surface area is 120 Å². The van der Waals surface area contributed by atoms with Crippen LogP contribution in [-0.4, -0.2) is 20.0 Å². The van der Waals surface area contributed by atoms with Crippen LogP contribution in [0.1, 0.15) is 48.2 Å². The Morgan fingerprint density at radius 2 is 1.95 bits per heavy atom. The van der Waals surface area contributed by atoms with E-state index in [2.05, 4.69) is 35.2 Å². The quantitative estimate of drug-likeness (QED) is 0.903. The molecule has 108 valence electrons. The van der Waals surface area contributed by atoms with E-state index in [-0.39, 0.29) is 6.04 Å². The van der Waals surface area contributed by atoms with Crippen molar-refractivity contribution in [3.63, 3.8) is 0 Å². The summed E-state index contributed by atoms with van der Waals surface area (Å²) < 4.78 is 1.92. The van der Waals surface area contributed by atoms with Crippen molar-refractivity contribution in [2.24, 2.45) is 12.8 Å². The molecule has 5 heteroatoms. The van der Waals surface area contributed by atoms with Crippen LogP contribution >= 0.6 is 0 Å². The Kier molecular flexibility index (Phi) is 4.49. The first kappa shape index (κ1) is 14.7. The van der Waals surface area contributed by atoms with Crippen molar-refractivity contribution in [1.82, 2.24) is 20.0 Å². The molecule has 0 aliphatic rings. The number of nitrogens with zero attached hydrogens (tertiary/aromatic N) is 4. The minimum Gasteiger partial charge on any atom is -0.324 e. The molecule has 2 N–H and O–H groups in total. The smallest absolute Gasteiger partial charge is 0.0676 e. The second kappa shape index (κ2) is 6.13. The van der Waals surface area contributed by atoms with Crippen LogP contribution in [0, 0.1) is 6.92 Å². The van der Waals surface area contributed by atoms with Gasteiger partial charge in [0.2, 0.25) is 0 Å². The van der Waals surface area contributed by atoms with Crippen molar-refractivity contribution in [3.8, 4) is 0 Å². The average Bonchev–Trinajstić information content (AvgIpc) is 2.79. The first-order chi connectivity index (χ1) is 9.55. The number of nitrogens with two attached hydrogens (primary N) is 1. The van der Waals surface area contributed by atoms with E-state index in [9.17, 15) is 0 Å². The SMILES string of the molecule is CCc1cc(CC(N)c2cc(C)nnc2CC)n(C)n1. The summed E-state index contributed by atoms with van der Waals surface area (Å²) in [6.45, 7) is 6.13. The first-order valence-corrected chi connectivity index (χ1v) is 7.15. The molecule has 1 atom stereocenters. The van der Waals surface area contributed by atoms with E-state index in [1.807, 2.05) is 24.7 Å². The fourth-order valence-electron chi connectivity index (χ4n) is 2.40. The second-order valence-electron chi connectivity index (χ2n) is 5.16. The van der Waals surface area contributed by atoms with Crippen LogP contribution in [0.25, 0.3) is 0 Å². The highest BCUT2D eigenvalue weighted by atomic mass is 15.3. The maximum absolute atomic E-state index is 6.38. The Hall–Kier alpha value is -1.75. The average molecular weight is 273 g/mol. The standard InChI is InChI=1S/C15H23N5/c1-5-11-8-12(20(4)19-11)9-14(16)13-7-10(3)17-18-15(13)6-2/h7-8,14H,5-6,9,16H2,1-4H3. The van der Waals surface area contributed by atoms with Gasteiger partial charge in [-0.1, -0.05) is 13.8 Å². The Morgan fingerprint density at radius 3 is 2.55 bits per heavy atom. The van der Waals surface area contributed by atoms with Gasteiger partial charge in [0.15, 0.2) is 0 Å². The number of hydrogen-bond acceptors (Lipinski definition) is 4. The summed E-state index contributed by atoms with van der Waals surface area (Å²) in [6.07, 6.45) is 2.56. The highest BCUT2D eigenvalue weighted by molar-refractivity contribution is 5.26. The minimum atomic E-state index is -0.0701. The van der Waals surface area contributed by atoms with Gasteiger partial charge in [0.1, 0.15) is 0 Å². The summed E-state index contributed by atoms with van der Waals surface area (Å²) in [4.78, 5) is 0. The summed E-state index contributed by atoms with van der Waals surface area (Å²) in [6, 6.07) is 4.11. The van der Waals surface area contributed by atoms with Gasteiger partial charge >= 0.3 is 0 Å². The molecule has 0 aliphatic heterocycles. The van der Waals surface area contributed by atoms with Crippen molar-refractivity contribution in [1.29, 1.82) is 0 Å². The van der Waals surface area contributed by atoms with E-state index in [1.54, 1.807) is 0 Å². The first-order valence-electron chi connectivity index (χ1n) is 7.15. The maximum Gasteiger partial charge on any atom is 0.0676 e. The molecule has 0 amide bonds. The van der Waals surface area contributed by atoms with Crippen molar-refractivity contribution in [3.05, 3.63) is 40.5 Å². The molecule has 0 aliphatic carbocycles. The highest BCUT2D eigenvalue weighted by Crippen LogP contribution is 2.20.